The van der Waals surface area contributed by atoms with Crippen molar-refractivity contribution in [1.82, 2.24) is 9.13 Å². The van der Waals surface area contributed by atoms with Crippen molar-refractivity contribution in [3.8, 4) is 33.6 Å². The van der Waals surface area contributed by atoms with Crippen LogP contribution in [0.1, 0.15) is 0 Å². The maximum Gasteiger partial charge on any atom is 0.263 e. The molecule has 280 valence electrons. The fraction of sp³-hybridized carbons (Fsp3) is 0. The lowest BCUT2D eigenvalue weighted by molar-refractivity contribution is 1.06. The third kappa shape index (κ3) is 5.11. The number of hydrogen-bond donors (Lipinski definition) is 0. The summed E-state index contributed by atoms with van der Waals surface area (Å²) in [6.07, 6.45) is 0. The van der Waals surface area contributed by atoms with Gasteiger partial charge in [0.25, 0.3) is 11.1 Å². The molecular weight excluding hydrogens is 733 g/mol. The Bertz CT molecular complexity index is 3650. The van der Waals surface area contributed by atoms with Crippen LogP contribution in [0.4, 0.5) is 0 Å². The van der Waals surface area contributed by atoms with Crippen LogP contribution < -0.4 is 11.1 Å². The van der Waals surface area contributed by atoms with E-state index in [0.717, 1.165) is 98.5 Å². The van der Waals surface area contributed by atoms with Gasteiger partial charge in [-0.15, -0.1) is 0 Å². The highest BCUT2D eigenvalue weighted by Crippen LogP contribution is 2.39. The van der Waals surface area contributed by atoms with Gasteiger partial charge in [0.15, 0.2) is 0 Å². The first kappa shape index (κ1) is 34.0. The Morgan fingerprint density at radius 1 is 0.233 bits per heavy atom. The van der Waals surface area contributed by atoms with Crippen molar-refractivity contribution in [2.24, 2.45) is 0 Å². The molecule has 0 amide bonds. The van der Waals surface area contributed by atoms with Gasteiger partial charge in [-0.05, 0) is 126 Å². The molecule has 0 spiro atoms. The number of aromatic nitrogens is 2. The van der Waals surface area contributed by atoms with Gasteiger partial charge < -0.3 is 0 Å². The summed E-state index contributed by atoms with van der Waals surface area (Å²) in [4.78, 5) is 29.2. The van der Waals surface area contributed by atoms with Crippen LogP contribution in [0.15, 0.2) is 216 Å². The minimum Gasteiger partial charge on any atom is -0.276 e. The Labute approximate surface area is 344 Å². The number of benzene rings is 10. The van der Waals surface area contributed by atoms with Gasteiger partial charge in [-0.3, -0.25) is 18.7 Å². The summed E-state index contributed by atoms with van der Waals surface area (Å²) in [7, 11) is 0. The Balaban J connectivity index is 1.11. The molecular formula is C56H34N2O2. The summed E-state index contributed by atoms with van der Waals surface area (Å²) in [6.45, 7) is 0. The molecule has 2 aromatic heterocycles. The Morgan fingerprint density at radius 2 is 0.567 bits per heavy atom. The highest BCUT2D eigenvalue weighted by Gasteiger charge is 2.18. The Hall–Kier alpha value is -8.08. The zero-order valence-corrected chi connectivity index (χ0v) is 32.3. The zero-order chi connectivity index (χ0) is 39.9. The van der Waals surface area contributed by atoms with Crippen molar-refractivity contribution in [3.63, 3.8) is 0 Å². The summed E-state index contributed by atoms with van der Waals surface area (Å²) in [5.74, 6) is 0. The average molecular weight is 767 g/mol. The van der Waals surface area contributed by atoms with Gasteiger partial charge in [0.2, 0.25) is 0 Å². The van der Waals surface area contributed by atoms with Crippen LogP contribution in [0.2, 0.25) is 0 Å². The summed E-state index contributed by atoms with van der Waals surface area (Å²) < 4.78 is 3.73. The number of fused-ring (bicyclic) bond motifs is 12. The minimum absolute atomic E-state index is 0.0599. The molecule has 0 bridgehead atoms. The smallest absolute Gasteiger partial charge is 0.263 e. The second-order valence-electron chi connectivity index (χ2n) is 15.6. The largest absolute Gasteiger partial charge is 0.276 e. The lowest BCUT2D eigenvalue weighted by Gasteiger charge is -2.18. The van der Waals surface area contributed by atoms with Gasteiger partial charge in [0.1, 0.15) is 0 Å². The second kappa shape index (κ2) is 13.2. The van der Waals surface area contributed by atoms with E-state index in [-0.39, 0.29) is 11.1 Å². The second-order valence-corrected chi connectivity index (χ2v) is 15.6. The molecule has 2 heterocycles. The third-order valence-corrected chi connectivity index (χ3v) is 12.3. The zero-order valence-electron chi connectivity index (χ0n) is 32.3. The monoisotopic (exact) mass is 766 g/mol. The van der Waals surface area contributed by atoms with Crippen LogP contribution in [0, 0.1) is 0 Å². The topological polar surface area (TPSA) is 44.0 Å². The van der Waals surface area contributed by atoms with E-state index in [9.17, 15) is 9.59 Å². The molecule has 12 aromatic rings. The van der Waals surface area contributed by atoms with Gasteiger partial charge in [0, 0.05) is 32.9 Å². The molecule has 0 fully saturated rings. The first-order chi connectivity index (χ1) is 29.6. The lowest BCUT2D eigenvalue weighted by atomic mass is 9.93. The van der Waals surface area contributed by atoms with Crippen LogP contribution in [0.3, 0.4) is 0 Å². The molecule has 0 aliphatic heterocycles. The lowest BCUT2D eigenvalue weighted by Crippen LogP contribution is -2.19. The van der Waals surface area contributed by atoms with Gasteiger partial charge in [-0.1, -0.05) is 146 Å². The predicted octanol–water partition coefficient (Wildman–Crippen LogP) is 13.4. The van der Waals surface area contributed by atoms with Crippen LogP contribution in [-0.2, 0) is 0 Å². The van der Waals surface area contributed by atoms with E-state index in [1.165, 1.54) is 0 Å². The fourth-order valence-corrected chi connectivity index (χ4v) is 9.51. The van der Waals surface area contributed by atoms with E-state index >= 15 is 0 Å². The molecule has 4 nitrogen and oxygen atoms in total. The molecule has 0 N–H and O–H groups in total. The molecule has 60 heavy (non-hydrogen) atoms. The number of pyridine rings is 2. The molecule has 4 heteroatoms. The Morgan fingerprint density at radius 3 is 1.00 bits per heavy atom. The molecule has 0 radical (unpaired) electrons. The van der Waals surface area contributed by atoms with Crippen molar-refractivity contribution in [1.29, 1.82) is 0 Å². The number of hydrogen-bond acceptors (Lipinski definition) is 2. The number of nitrogens with zero attached hydrogens (tertiary/aromatic N) is 2. The van der Waals surface area contributed by atoms with E-state index in [0.29, 0.717) is 10.8 Å². The maximum absolute atomic E-state index is 14.6. The minimum atomic E-state index is -0.0599. The van der Waals surface area contributed by atoms with Crippen molar-refractivity contribution in [2.75, 3.05) is 0 Å². The predicted molar refractivity (Wildman–Crippen MR) is 251 cm³/mol. The van der Waals surface area contributed by atoms with Gasteiger partial charge in [0.05, 0.1) is 11.0 Å². The number of rotatable bonds is 4. The highest BCUT2D eigenvalue weighted by molar-refractivity contribution is 6.26. The SMILES string of the molecule is O=c1c2ccccc2c2cc(-c3ccccc3)ccc2n1-c1ccc2c(c1)c1ccccc1c1ccc(-n3c(=O)c4ccccc4c4cc(-c5ccccc5)ccc43)cc12. The standard InChI is InChI=1S/C56H34N2O2/c59-55-47-21-11-9-19-43(47)51-31-37(35-13-3-1-4-14-35)23-29-53(51)57(55)39-25-27-45-41-17-7-8-18-42(41)49-33-40(26-28-46(49)50(45)34-39)58-54-30-24-38(36-15-5-2-6-16-36)32-52(54)44-20-10-12-22-48(44)56(58)60/h1-34H. The first-order valence-electron chi connectivity index (χ1n) is 20.3. The van der Waals surface area contributed by atoms with Crippen LogP contribution >= 0.6 is 0 Å². The normalized spacial score (nSPS) is 11.8. The van der Waals surface area contributed by atoms with Crippen LogP contribution in [0.25, 0.3) is 109 Å². The van der Waals surface area contributed by atoms with Crippen LogP contribution in [0.5, 0.6) is 0 Å². The van der Waals surface area contributed by atoms with E-state index < -0.39 is 0 Å². The van der Waals surface area contributed by atoms with Gasteiger partial charge in [-0.25, -0.2) is 0 Å². The molecule has 12 rings (SSSR count). The fourth-order valence-electron chi connectivity index (χ4n) is 9.51. The molecule has 0 saturated carbocycles. The Kier molecular flexibility index (Phi) is 7.50. The van der Waals surface area contributed by atoms with Crippen LogP contribution in [-0.4, -0.2) is 9.13 Å². The van der Waals surface area contributed by atoms with Crippen molar-refractivity contribution in [2.45, 2.75) is 0 Å². The summed E-state index contributed by atoms with van der Waals surface area (Å²) in [6, 6.07) is 70.5. The van der Waals surface area contributed by atoms with Gasteiger partial charge in [-0.2, -0.15) is 0 Å². The summed E-state index contributed by atoms with van der Waals surface area (Å²) in [5.41, 5.74) is 7.61. The highest BCUT2D eigenvalue weighted by atomic mass is 16.1. The average Bonchev–Trinajstić information content (AvgIpc) is 3.32. The first-order valence-corrected chi connectivity index (χ1v) is 20.3. The maximum atomic E-state index is 14.6. The van der Waals surface area contributed by atoms with Crippen molar-refractivity contribution >= 4 is 75.7 Å². The third-order valence-electron chi connectivity index (χ3n) is 12.3. The molecule has 0 saturated heterocycles. The van der Waals surface area contributed by atoms with Crippen molar-refractivity contribution < 1.29 is 0 Å². The van der Waals surface area contributed by atoms with E-state index in [4.69, 9.17) is 0 Å². The van der Waals surface area contributed by atoms with Gasteiger partial charge >= 0.3 is 0 Å². The summed E-state index contributed by atoms with van der Waals surface area (Å²) >= 11 is 0. The summed E-state index contributed by atoms with van der Waals surface area (Å²) in [5, 5.41) is 11.7. The quantitative estimate of drug-likeness (QED) is 0.167. The van der Waals surface area contributed by atoms with E-state index in [1.54, 1.807) is 0 Å². The molecule has 10 aromatic carbocycles. The molecule has 0 aliphatic carbocycles. The van der Waals surface area contributed by atoms with Crippen molar-refractivity contribution in [3.05, 3.63) is 227 Å². The molecule has 0 aliphatic rings. The molecule has 0 unspecified atom stereocenters. The van der Waals surface area contributed by atoms with E-state index in [1.807, 2.05) is 69.8 Å². The van der Waals surface area contributed by atoms with E-state index in [2.05, 4.69) is 146 Å². The molecule has 0 atom stereocenters.